The van der Waals surface area contributed by atoms with Gasteiger partial charge in [-0.3, -0.25) is 0 Å². The Morgan fingerprint density at radius 3 is 3.12 bits per heavy atom. The van der Waals surface area contributed by atoms with Gasteiger partial charge in [0.05, 0.1) is 6.61 Å². The van der Waals surface area contributed by atoms with E-state index in [-0.39, 0.29) is 0 Å². The number of nitrogens with zero attached hydrogens (tertiary/aromatic N) is 2. The highest BCUT2D eigenvalue weighted by atomic mass is 16.5. The molecule has 0 aromatic carbocycles. The highest BCUT2D eigenvalue weighted by Crippen LogP contribution is 2.23. The fourth-order valence-electron chi connectivity index (χ4n) is 2.58. The minimum Gasteiger partial charge on any atom is -0.381 e. The van der Waals surface area contributed by atoms with E-state index in [1.165, 1.54) is 11.3 Å². The van der Waals surface area contributed by atoms with Crippen LogP contribution in [-0.4, -0.2) is 36.3 Å². The van der Waals surface area contributed by atoms with Gasteiger partial charge < -0.3 is 10.1 Å². The van der Waals surface area contributed by atoms with Crippen molar-refractivity contribution in [3.05, 3.63) is 23.3 Å². The van der Waals surface area contributed by atoms with Crippen LogP contribution in [0.25, 0.3) is 0 Å². The second kappa shape index (κ2) is 5.10. The number of hydrogen-bond acceptors (Lipinski definition) is 4. The van der Waals surface area contributed by atoms with Gasteiger partial charge in [-0.25, -0.2) is 9.97 Å². The SMILES string of the molecule is c1nc(C2CCCOC2)nc2c1CCNCC2. The van der Waals surface area contributed by atoms with Crippen LogP contribution in [0.4, 0.5) is 0 Å². The Morgan fingerprint density at radius 2 is 2.24 bits per heavy atom. The highest BCUT2D eigenvalue weighted by Gasteiger charge is 2.20. The van der Waals surface area contributed by atoms with Crippen LogP contribution in [0.3, 0.4) is 0 Å². The Bertz CT molecular complexity index is 388. The summed E-state index contributed by atoms with van der Waals surface area (Å²) in [6.07, 6.45) is 6.40. The number of fused-ring (bicyclic) bond motifs is 1. The van der Waals surface area contributed by atoms with Gasteiger partial charge in [-0.05, 0) is 31.4 Å². The van der Waals surface area contributed by atoms with E-state index in [0.717, 1.165) is 57.8 Å². The van der Waals surface area contributed by atoms with Gasteiger partial charge in [0, 0.05) is 37.4 Å². The molecule has 4 nitrogen and oxygen atoms in total. The molecule has 17 heavy (non-hydrogen) atoms. The van der Waals surface area contributed by atoms with Crippen molar-refractivity contribution in [2.45, 2.75) is 31.6 Å². The van der Waals surface area contributed by atoms with Gasteiger partial charge in [-0.1, -0.05) is 0 Å². The molecule has 1 N–H and O–H groups in total. The summed E-state index contributed by atoms with van der Waals surface area (Å²) in [5.74, 6) is 1.40. The lowest BCUT2D eigenvalue weighted by Crippen LogP contribution is -2.19. The lowest BCUT2D eigenvalue weighted by atomic mass is 10.0. The van der Waals surface area contributed by atoms with Crippen LogP contribution in [0.1, 0.15) is 35.8 Å². The van der Waals surface area contributed by atoms with Crippen LogP contribution in [0, 0.1) is 0 Å². The molecule has 1 aromatic rings. The maximum absolute atomic E-state index is 5.51. The summed E-state index contributed by atoms with van der Waals surface area (Å²) in [7, 11) is 0. The van der Waals surface area contributed by atoms with E-state index in [1.54, 1.807) is 0 Å². The molecule has 0 radical (unpaired) electrons. The Balaban J connectivity index is 1.83. The molecule has 92 valence electrons. The molecule has 2 aliphatic heterocycles. The van der Waals surface area contributed by atoms with Crippen molar-refractivity contribution in [2.24, 2.45) is 0 Å². The molecular formula is C13H19N3O. The van der Waals surface area contributed by atoms with E-state index in [4.69, 9.17) is 9.72 Å². The minimum atomic E-state index is 0.408. The highest BCUT2D eigenvalue weighted by molar-refractivity contribution is 5.21. The molecule has 1 aromatic heterocycles. The van der Waals surface area contributed by atoms with Crippen LogP contribution in [-0.2, 0) is 17.6 Å². The van der Waals surface area contributed by atoms with Crippen molar-refractivity contribution in [3.63, 3.8) is 0 Å². The first-order valence-electron chi connectivity index (χ1n) is 6.56. The quantitative estimate of drug-likeness (QED) is 0.788. The molecule has 2 aliphatic rings. The first-order valence-corrected chi connectivity index (χ1v) is 6.56. The molecule has 1 fully saturated rings. The van der Waals surface area contributed by atoms with Crippen molar-refractivity contribution in [1.82, 2.24) is 15.3 Å². The van der Waals surface area contributed by atoms with Crippen molar-refractivity contribution < 1.29 is 4.74 Å². The molecule has 0 spiro atoms. The minimum absolute atomic E-state index is 0.408. The monoisotopic (exact) mass is 233 g/mol. The van der Waals surface area contributed by atoms with Gasteiger partial charge in [0.25, 0.3) is 0 Å². The molecule has 1 unspecified atom stereocenters. The van der Waals surface area contributed by atoms with Gasteiger partial charge in [-0.2, -0.15) is 0 Å². The zero-order valence-corrected chi connectivity index (χ0v) is 10.1. The lowest BCUT2D eigenvalue weighted by Gasteiger charge is -2.21. The second-order valence-electron chi connectivity index (χ2n) is 4.86. The van der Waals surface area contributed by atoms with Crippen molar-refractivity contribution in [1.29, 1.82) is 0 Å². The smallest absolute Gasteiger partial charge is 0.133 e. The first-order chi connectivity index (χ1) is 8.43. The number of aromatic nitrogens is 2. The summed E-state index contributed by atoms with van der Waals surface area (Å²) >= 11 is 0. The molecular weight excluding hydrogens is 214 g/mol. The van der Waals surface area contributed by atoms with Crippen molar-refractivity contribution in [2.75, 3.05) is 26.3 Å². The lowest BCUT2D eigenvalue weighted by molar-refractivity contribution is 0.0780. The van der Waals surface area contributed by atoms with Crippen molar-refractivity contribution >= 4 is 0 Å². The molecule has 1 atom stereocenters. The Hall–Kier alpha value is -1.00. The van der Waals surface area contributed by atoms with Gasteiger partial charge in [0.15, 0.2) is 0 Å². The number of rotatable bonds is 1. The van der Waals surface area contributed by atoms with Crippen LogP contribution >= 0.6 is 0 Å². The maximum Gasteiger partial charge on any atom is 0.133 e. The van der Waals surface area contributed by atoms with Gasteiger partial charge in [0.2, 0.25) is 0 Å². The third-order valence-corrected chi connectivity index (χ3v) is 3.61. The summed E-state index contributed by atoms with van der Waals surface area (Å²) in [5, 5.41) is 3.40. The number of ether oxygens (including phenoxy) is 1. The number of hydrogen-bond donors (Lipinski definition) is 1. The Kier molecular flexibility index (Phi) is 3.34. The molecule has 3 heterocycles. The summed E-state index contributed by atoms with van der Waals surface area (Å²) in [6.45, 7) is 3.76. The molecule has 0 aliphatic carbocycles. The zero-order chi connectivity index (χ0) is 11.5. The third kappa shape index (κ3) is 2.48. The normalized spacial score (nSPS) is 25.1. The van der Waals surface area contributed by atoms with Gasteiger partial charge in [-0.15, -0.1) is 0 Å². The second-order valence-corrected chi connectivity index (χ2v) is 4.86. The average Bonchev–Trinajstić information content (AvgIpc) is 2.64. The zero-order valence-electron chi connectivity index (χ0n) is 10.1. The summed E-state index contributed by atoms with van der Waals surface area (Å²) < 4.78 is 5.51. The fraction of sp³-hybridized carbons (Fsp3) is 0.692. The van der Waals surface area contributed by atoms with Gasteiger partial charge in [0.1, 0.15) is 5.82 Å². The molecule has 0 bridgehead atoms. The summed E-state index contributed by atoms with van der Waals surface area (Å²) in [6, 6.07) is 0. The van der Waals surface area contributed by atoms with Gasteiger partial charge >= 0.3 is 0 Å². The Labute approximate surface area is 102 Å². The predicted octanol–water partition coefficient (Wildman–Crippen LogP) is 1.06. The molecule has 4 heteroatoms. The van der Waals surface area contributed by atoms with E-state index >= 15 is 0 Å². The van der Waals surface area contributed by atoms with Crippen LogP contribution in [0.15, 0.2) is 6.20 Å². The van der Waals surface area contributed by atoms with Crippen LogP contribution < -0.4 is 5.32 Å². The van der Waals surface area contributed by atoms with E-state index in [2.05, 4.69) is 10.3 Å². The van der Waals surface area contributed by atoms with E-state index < -0.39 is 0 Å². The molecule has 3 rings (SSSR count). The Morgan fingerprint density at radius 1 is 1.29 bits per heavy atom. The fourth-order valence-corrected chi connectivity index (χ4v) is 2.58. The molecule has 0 saturated carbocycles. The third-order valence-electron chi connectivity index (χ3n) is 3.61. The van der Waals surface area contributed by atoms with Crippen molar-refractivity contribution in [3.8, 4) is 0 Å². The maximum atomic E-state index is 5.51. The average molecular weight is 233 g/mol. The summed E-state index contributed by atoms with van der Waals surface area (Å²) in [4.78, 5) is 9.30. The first kappa shape index (κ1) is 11.1. The standard InChI is InChI=1S/C13H19N3O/c1-2-11(9-17-7-1)13-15-8-10-3-5-14-6-4-12(10)16-13/h8,11,14H,1-7,9H2. The van der Waals surface area contributed by atoms with Crippen LogP contribution in [0.2, 0.25) is 0 Å². The molecule has 0 amide bonds. The largest absolute Gasteiger partial charge is 0.381 e. The predicted molar refractivity (Wildman–Crippen MR) is 65.1 cm³/mol. The summed E-state index contributed by atoms with van der Waals surface area (Å²) in [5.41, 5.74) is 2.56. The topological polar surface area (TPSA) is 47.0 Å². The molecule has 1 saturated heterocycles. The van der Waals surface area contributed by atoms with E-state index in [1.807, 2.05) is 6.20 Å². The van der Waals surface area contributed by atoms with E-state index in [0.29, 0.717) is 5.92 Å². The van der Waals surface area contributed by atoms with Crippen LogP contribution in [0.5, 0.6) is 0 Å². The van der Waals surface area contributed by atoms with E-state index in [9.17, 15) is 0 Å². The number of nitrogens with one attached hydrogen (secondary N) is 1.